The van der Waals surface area contributed by atoms with Crippen LogP contribution in [0.5, 0.6) is 5.75 Å². The summed E-state index contributed by atoms with van der Waals surface area (Å²) in [5.41, 5.74) is 1.15. The van der Waals surface area contributed by atoms with E-state index in [1.54, 1.807) is 7.05 Å². The number of hydrogen-bond acceptors (Lipinski definition) is 3. The monoisotopic (exact) mass is 319 g/mol. The molecule has 1 aliphatic rings. The molecular formula is C18H29N3O2. The Labute approximate surface area is 139 Å². The van der Waals surface area contributed by atoms with E-state index in [1.807, 2.05) is 19.1 Å². The Bertz CT molecular complexity index is 508. The molecule has 0 bridgehead atoms. The zero-order valence-electron chi connectivity index (χ0n) is 14.7. The molecule has 128 valence electrons. The van der Waals surface area contributed by atoms with Crippen molar-refractivity contribution in [3.63, 3.8) is 0 Å². The Morgan fingerprint density at radius 1 is 1.35 bits per heavy atom. The Kier molecular flexibility index (Phi) is 6.28. The normalized spacial score (nSPS) is 22.7. The van der Waals surface area contributed by atoms with Crippen molar-refractivity contribution in [3.05, 3.63) is 29.8 Å². The zero-order valence-corrected chi connectivity index (χ0v) is 14.7. The van der Waals surface area contributed by atoms with E-state index in [0.29, 0.717) is 6.54 Å². The molecule has 1 aromatic rings. The van der Waals surface area contributed by atoms with Gasteiger partial charge in [-0.3, -0.25) is 4.99 Å². The SMILES string of the molecule is CN=C(NCC(C)Oc1ccc(C)cc1)NCC1(C)CCCO1. The first-order chi connectivity index (χ1) is 11.0. The predicted octanol–water partition coefficient (Wildman–Crippen LogP) is 2.50. The van der Waals surface area contributed by atoms with E-state index < -0.39 is 0 Å². The van der Waals surface area contributed by atoms with Crippen LogP contribution in [0.15, 0.2) is 29.3 Å². The molecule has 1 aromatic carbocycles. The number of guanidine groups is 1. The highest BCUT2D eigenvalue weighted by Gasteiger charge is 2.29. The van der Waals surface area contributed by atoms with E-state index >= 15 is 0 Å². The number of nitrogens with one attached hydrogen (secondary N) is 2. The second kappa shape index (κ2) is 8.20. The highest BCUT2D eigenvalue weighted by molar-refractivity contribution is 5.79. The summed E-state index contributed by atoms with van der Waals surface area (Å²) in [6.45, 7) is 8.56. The molecule has 0 spiro atoms. The van der Waals surface area contributed by atoms with Crippen molar-refractivity contribution in [2.75, 3.05) is 26.7 Å². The molecule has 1 saturated heterocycles. The maximum absolute atomic E-state index is 5.89. The van der Waals surface area contributed by atoms with Gasteiger partial charge in [0, 0.05) is 20.2 Å². The molecule has 1 aliphatic heterocycles. The van der Waals surface area contributed by atoms with Gasteiger partial charge in [-0.25, -0.2) is 0 Å². The molecule has 23 heavy (non-hydrogen) atoms. The highest BCUT2D eigenvalue weighted by Crippen LogP contribution is 2.23. The predicted molar refractivity (Wildman–Crippen MR) is 94.2 cm³/mol. The van der Waals surface area contributed by atoms with Crippen LogP contribution in [0, 0.1) is 6.92 Å². The number of aryl methyl sites for hydroxylation is 1. The molecule has 5 heteroatoms. The molecule has 0 aliphatic carbocycles. The summed E-state index contributed by atoms with van der Waals surface area (Å²) in [6, 6.07) is 8.10. The van der Waals surface area contributed by atoms with Gasteiger partial charge in [0.05, 0.1) is 12.1 Å². The average Bonchev–Trinajstić information content (AvgIpc) is 2.97. The van der Waals surface area contributed by atoms with Gasteiger partial charge in [-0.15, -0.1) is 0 Å². The first-order valence-electron chi connectivity index (χ1n) is 8.32. The lowest BCUT2D eigenvalue weighted by molar-refractivity contribution is 0.0242. The smallest absolute Gasteiger partial charge is 0.191 e. The van der Waals surface area contributed by atoms with Crippen molar-refractivity contribution >= 4 is 5.96 Å². The van der Waals surface area contributed by atoms with Crippen molar-refractivity contribution in [2.24, 2.45) is 4.99 Å². The molecule has 2 atom stereocenters. The van der Waals surface area contributed by atoms with Crippen molar-refractivity contribution in [3.8, 4) is 5.75 Å². The van der Waals surface area contributed by atoms with E-state index in [4.69, 9.17) is 9.47 Å². The fraction of sp³-hybridized carbons (Fsp3) is 0.611. The minimum atomic E-state index is -0.0817. The lowest BCUT2D eigenvalue weighted by atomic mass is 10.0. The largest absolute Gasteiger partial charge is 0.489 e. The fourth-order valence-electron chi connectivity index (χ4n) is 2.60. The summed E-state index contributed by atoms with van der Waals surface area (Å²) in [7, 11) is 1.78. The summed E-state index contributed by atoms with van der Waals surface area (Å²) in [5, 5.41) is 6.64. The first kappa shape index (κ1) is 17.6. The number of rotatable bonds is 6. The Hall–Kier alpha value is -1.75. The minimum absolute atomic E-state index is 0.0505. The number of hydrogen-bond donors (Lipinski definition) is 2. The number of aliphatic imine (C=N–C) groups is 1. The maximum atomic E-state index is 5.89. The van der Waals surface area contributed by atoms with Crippen LogP contribution in [0.2, 0.25) is 0 Å². The Morgan fingerprint density at radius 3 is 2.70 bits per heavy atom. The van der Waals surface area contributed by atoms with Crippen LogP contribution in [0.3, 0.4) is 0 Å². The van der Waals surface area contributed by atoms with Gasteiger partial charge in [-0.1, -0.05) is 17.7 Å². The molecule has 1 fully saturated rings. The summed E-state index contributed by atoms with van der Waals surface area (Å²) in [6.07, 6.45) is 2.27. The number of nitrogens with zero attached hydrogens (tertiary/aromatic N) is 1. The van der Waals surface area contributed by atoms with E-state index in [-0.39, 0.29) is 11.7 Å². The van der Waals surface area contributed by atoms with E-state index in [9.17, 15) is 0 Å². The van der Waals surface area contributed by atoms with Crippen molar-refractivity contribution < 1.29 is 9.47 Å². The molecule has 0 radical (unpaired) electrons. The van der Waals surface area contributed by atoms with E-state index in [2.05, 4.69) is 41.6 Å². The van der Waals surface area contributed by atoms with E-state index in [0.717, 1.165) is 37.7 Å². The topological polar surface area (TPSA) is 54.9 Å². The van der Waals surface area contributed by atoms with Crippen molar-refractivity contribution in [1.29, 1.82) is 0 Å². The van der Waals surface area contributed by atoms with Gasteiger partial charge in [0.1, 0.15) is 11.9 Å². The Balaban J connectivity index is 1.73. The van der Waals surface area contributed by atoms with Gasteiger partial charge < -0.3 is 20.1 Å². The maximum Gasteiger partial charge on any atom is 0.191 e. The van der Waals surface area contributed by atoms with E-state index in [1.165, 1.54) is 5.56 Å². The van der Waals surface area contributed by atoms with Crippen LogP contribution >= 0.6 is 0 Å². The molecule has 5 nitrogen and oxygen atoms in total. The molecule has 2 rings (SSSR count). The zero-order chi connectivity index (χ0) is 16.7. The molecule has 2 unspecified atom stereocenters. The molecule has 0 saturated carbocycles. The number of ether oxygens (including phenoxy) is 2. The van der Waals surface area contributed by atoms with Gasteiger partial charge in [0.25, 0.3) is 0 Å². The summed E-state index contributed by atoms with van der Waals surface area (Å²) in [4.78, 5) is 4.25. The lowest BCUT2D eigenvalue weighted by Gasteiger charge is -2.25. The van der Waals surface area contributed by atoms with Crippen LogP contribution in [0.1, 0.15) is 32.3 Å². The quantitative estimate of drug-likeness (QED) is 0.625. The van der Waals surface area contributed by atoms with Crippen LogP contribution in [-0.2, 0) is 4.74 Å². The Morgan fingerprint density at radius 2 is 2.09 bits per heavy atom. The second-order valence-electron chi connectivity index (χ2n) is 6.45. The minimum Gasteiger partial charge on any atom is -0.489 e. The summed E-state index contributed by atoms with van der Waals surface area (Å²) in [5.74, 6) is 1.67. The van der Waals surface area contributed by atoms with Crippen LogP contribution in [-0.4, -0.2) is 44.4 Å². The molecule has 1 heterocycles. The van der Waals surface area contributed by atoms with Crippen molar-refractivity contribution in [1.82, 2.24) is 10.6 Å². The fourth-order valence-corrected chi connectivity index (χ4v) is 2.60. The summed E-state index contributed by atoms with van der Waals surface area (Å²) >= 11 is 0. The molecule has 2 N–H and O–H groups in total. The van der Waals surface area contributed by atoms with Gasteiger partial charge in [0.2, 0.25) is 0 Å². The summed E-state index contributed by atoms with van der Waals surface area (Å²) < 4.78 is 11.7. The molecule has 0 amide bonds. The van der Waals surface area contributed by atoms with Crippen LogP contribution in [0.4, 0.5) is 0 Å². The lowest BCUT2D eigenvalue weighted by Crippen LogP contribution is -2.47. The van der Waals surface area contributed by atoms with Gasteiger partial charge >= 0.3 is 0 Å². The third-order valence-corrected chi connectivity index (χ3v) is 4.07. The molecule has 0 aromatic heterocycles. The highest BCUT2D eigenvalue weighted by atomic mass is 16.5. The first-order valence-corrected chi connectivity index (χ1v) is 8.32. The number of benzene rings is 1. The van der Waals surface area contributed by atoms with Gasteiger partial charge in [-0.05, 0) is 45.7 Å². The van der Waals surface area contributed by atoms with Gasteiger partial charge in [-0.2, -0.15) is 0 Å². The average molecular weight is 319 g/mol. The van der Waals surface area contributed by atoms with Crippen molar-refractivity contribution in [2.45, 2.75) is 45.3 Å². The third kappa shape index (κ3) is 5.75. The second-order valence-corrected chi connectivity index (χ2v) is 6.45. The van der Waals surface area contributed by atoms with Crippen LogP contribution < -0.4 is 15.4 Å². The standard InChI is InChI=1S/C18H29N3O2/c1-14-6-8-16(9-7-14)23-15(2)12-20-17(19-4)21-13-18(3)10-5-11-22-18/h6-9,15H,5,10-13H2,1-4H3,(H2,19,20,21). The third-order valence-electron chi connectivity index (χ3n) is 4.07. The molecular weight excluding hydrogens is 290 g/mol. The van der Waals surface area contributed by atoms with Gasteiger partial charge in [0.15, 0.2) is 5.96 Å². The van der Waals surface area contributed by atoms with Crippen LogP contribution in [0.25, 0.3) is 0 Å².